The molecule has 0 saturated heterocycles. The molecule has 0 spiro atoms. The molecular formula is C11H13N. The number of hydrogen-bond donors (Lipinski definition) is 0. The summed E-state index contributed by atoms with van der Waals surface area (Å²) in [6.45, 7) is 1.46. The maximum absolute atomic E-state index is 7.10. The first kappa shape index (κ1) is 6.30. The van der Waals surface area contributed by atoms with Crippen LogP contribution in [-0.2, 0) is 6.54 Å². The predicted molar refractivity (Wildman–Crippen MR) is 52.2 cm³/mol. The fourth-order valence-electron chi connectivity index (χ4n) is 1.51. The van der Waals surface area contributed by atoms with Crippen molar-refractivity contribution in [3.8, 4) is 0 Å². The van der Waals surface area contributed by atoms with Gasteiger partial charge in [-0.15, -0.1) is 0 Å². The minimum absolute atomic E-state index is 0.506. The molecule has 0 aliphatic rings. The lowest BCUT2D eigenvalue weighted by molar-refractivity contribution is 0.703. The number of para-hydroxylation sites is 1. The first-order valence-corrected chi connectivity index (χ1v) is 4.25. The maximum Gasteiger partial charge on any atom is 0.0480 e. The molecule has 0 fully saturated rings. The third-order valence-electron chi connectivity index (χ3n) is 2.08. The monoisotopic (exact) mass is 160 g/mol. The molecule has 0 atom stereocenters. The highest BCUT2D eigenvalue weighted by Gasteiger charge is 1.96. The molecule has 0 unspecified atom stereocenters. The summed E-state index contributed by atoms with van der Waals surface area (Å²) in [6, 6.07) is 10.5. The van der Waals surface area contributed by atoms with Crippen LogP contribution in [0.15, 0.2) is 36.5 Å². The van der Waals surface area contributed by atoms with Crippen molar-refractivity contribution in [2.45, 2.75) is 19.9 Å². The first-order chi connectivity index (χ1) is 6.42. The van der Waals surface area contributed by atoms with Crippen molar-refractivity contribution >= 4 is 10.9 Å². The van der Waals surface area contributed by atoms with E-state index in [9.17, 15) is 0 Å². The Morgan fingerprint density at radius 3 is 3.17 bits per heavy atom. The second kappa shape index (κ2) is 3.02. The highest BCUT2D eigenvalue weighted by atomic mass is 14.9. The molecule has 0 aliphatic heterocycles. The van der Waals surface area contributed by atoms with E-state index in [0.717, 1.165) is 13.0 Å². The van der Waals surface area contributed by atoms with Crippen molar-refractivity contribution in [3.05, 3.63) is 36.5 Å². The van der Waals surface area contributed by atoms with Gasteiger partial charge in [0.05, 0.1) is 0 Å². The van der Waals surface area contributed by atoms with Gasteiger partial charge in [-0.2, -0.15) is 0 Å². The van der Waals surface area contributed by atoms with Crippen LogP contribution in [-0.4, -0.2) is 4.57 Å². The molecular weight excluding hydrogens is 146 g/mol. The van der Waals surface area contributed by atoms with Gasteiger partial charge < -0.3 is 4.57 Å². The summed E-state index contributed by atoms with van der Waals surface area (Å²) in [5, 5.41) is 1.28. The van der Waals surface area contributed by atoms with Gasteiger partial charge in [0.1, 0.15) is 0 Å². The predicted octanol–water partition coefficient (Wildman–Crippen LogP) is 3.05. The summed E-state index contributed by atoms with van der Waals surface area (Å²) in [7, 11) is 0. The Kier molecular flexibility index (Phi) is 1.58. The molecule has 2 aromatic rings. The molecule has 62 valence electrons. The lowest BCUT2D eigenvalue weighted by Crippen LogP contribution is -1.92. The van der Waals surface area contributed by atoms with E-state index in [-0.39, 0.29) is 0 Å². The average molecular weight is 160 g/mol. The van der Waals surface area contributed by atoms with Gasteiger partial charge in [-0.25, -0.2) is 0 Å². The lowest BCUT2D eigenvalue weighted by Gasteiger charge is -2.01. The van der Waals surface area contributed by atoms with E-state index in [2.05, 4.69) is 41.1 Å². The van der Waals surface area contributed by atoms with Gasteiger partial charge in [-0.3, -0.25) is 0 Å². The highest BCUT2D eigenvalue weighted by Crippen LogP contribution is 2.14. The van der Waals surface area contributed by atoms with Gasteiger partial charge in [0.25, 0.3) is 0 Å². The third kappa shape index (κ3) is 1.11. The Hall–Kier alpha value is -1.24. The molecule has 2 rings (SSSR count). The Bertz CT molecular complexity index is 392. The number of hydrogen-bond acceptors (Lipinski definition) is 0. The molecule has 0 radical (unpaired) electrons. The van der Waals surface area contributed by atoms with Gasteiger partial charge in [0.2, 0.25) is 0 Å². The lowest BCUT2D eigenvalue weighted by atomic mass is 10.2. The normalized spacial score (nSPS) is 11.8. The van der Waals surface area contributed by atoms with Crippen molar-refractivity contribution in [1.82, 2.24) is 4.57 Å². The number of benzene rings is 1. The molecule has 0 N–H and O–H groups in total. The van der Waals surface area contributed by atoms with Crippen LogP contribution >= 0.6 is 0 Å². The van der Waals surface area contributed by atoms with E-state index in [1.54, 1.807) is 0 Å². The number of rotatable bonds is 2. The minimum Gasteiger partial charge on any atom is -0.347 e. The number of fused-ring (bicyclic) bond motifs is 1. The van der Waals surface area contributed by atoms with Crippen LogP contribution in [0.3, 0.4) is 0 Å². The molecule has 1 heterocycles. The maximum atomic E-state index is 7.10. The van der Waals surface area contributed by atoms with Crippen LogP contribution in [0.1, 0.15) is 14.7 Å². The second-order valence-electron chi connectivity index (χ2n) is 2.92. The zero-order valence-corrected chi connectivity index (χ0v) is 7.03. The number of aryl methyl sites for hydroxylation is 1. The Balaban J connectivity index is 2.35. The van der Waals surface area contributed by atoms with E-state index in [1.165, 1.54) is 10.9 Å². The van der Waals surface area contributed by atoms with Crippen molar-refractivity contribution in [3.63, 3.8) is 0 Å². The van der Waals surface area contributed by atoms with Crippen molar-refractivity contribution in [1.29, 1.82) is 0 Å². The molecule has 0 amide bonds. The molecule has 1 nitrogen and oxygen atoms in total. The summed E-state index contributed by atoms with van der Waals surface area (Å²) in [5.74, 6) is 0. The number of nitrogens with zero attached hydrogens (tertiary/aromatic N) is 1. The molecule has 0 aliphatic carbocycles. The van der Waals surface area contributed by atoms with E-state index < -0.39 is 0 Å². The van der Waals surface area contributed by atoms with E-state index in [1.807, 2.05) is 0 Å². The van der Waals surface area contributed by atoms with Crippen LogP contribution in [0.2, 0.25) is 0 Å². The molecule has 1 heteroatoms. The molecule has 0 saturated carbocycles. The quantitative estimate of drug-likeness (QED) is 0.636. The average Bonchev–Trinajstić information content (AvgIpc) is 2.58. The van der Waals surface area contributed by atoms with Gasteiger partial charge in [-0.05, 0) is 23.9 Å². The van der Waals surface area contributed by atoms with Crippen LogP contribution in [0.5, 0.6) is 0 Å². The molecule has 1 aromatic carbocycles. The van der Waals surface area contributed by atoms with Crippen LogP contribution in [0.25, 0.3) is 10.9 Å². The largest absolute Gasteiger partial charge is 0.347 e. The van der Waals surface area contributed by atoms with Crippen molar-refractivity contribution in [2.75, 3.05) is 0 Å². The van der Waals surface area contributed by atoms with E-state index in [4.69, 9.17) is 1.37 Å². The smallest absolute Gasteiger partial charge is 0.0480 e. The Labute approximate surface area is 74.0 Å². The third-order valence-corrected chi connectivity index (χ3v) is 2.08. The fraction of sp³-hybridized carbons (Fsp3) is 0.273. The zero-order chi connectivity index (χ0) is 9.10. The van der Waals surface area contributed by atoms with E-state index >= 15 is 0 Å². The summed E-state index contributed by atoms with van der Waals surface area (Å²) < 4.78 is 9.31. The Morgan fingerprint density at radius 1 is 1.33 bits per heavy atom. The van der Waals surface area contributed by atoms with Crippen LogP contribution in [0, 0.1) is 0 Å². The molecule has 12 heavy (non-hydrogen) atoms. The van der Waals surface area contributed by atoms with Crippen LogP contribution in [0.4, 0.5) is 0 Å². The molecule has 0 bridgehead atoms. The fourth-order valence-corrected chi connectivity index (χ4v) is 1.51. The zero-order valence-electron chi connectivity index (χ0n) is 8.03. The van der Waals surface area contributed by atoms with Crippen LogP contribution < -0.4 is 0 Å². The van der Waals surface area contributed by atoms with Gasteiger partial charge in [0.15, 0.2) is 0 Å². The minimum atomic E-state index is 0.506. The second-order valence-corrected chi connectivity index (χ2v) is 2.92. The highest BCUT2D eigenvalue weighted by molar-refractivity contribution is 5.79. The summed E-state index contributed by atoms with van der Waals surface area (Å²) in [5.41, 5.74) is 1.27. The summed E-state index contributed by atoms with van der Waals surface area (Å²) in [4.78, 5) is 0. The van der Waals surface area contributed by atoms with Crippen molar-refractivity contribution < 1.29 is 1.37 Å². The molecule has 1 aromatic heterocycles. The number of aromatic nitrogens is 1. The van der Waals surface area contributed by atoms with Gasteiger partial charge in [0, 0.05) is 19.6 Å². The van der Waals surface area contributed by atoms with Gasteiger partial charge >= 0.3 is 0 Å². The summed E-state index contributed by atoms with van der Waals surface area (Å²) in [6.07, 6.45) is 3.03. The van der Waals surface area contributed by atoms with Crippen molar-refractivity contribution in [2.24, 2.45) is 0 Å². The topological polar surface area (TPSA) is 4.93 Å². The van der Waals surface area contributed by atoms with Gasteiger partial charge in [-0.1, -0.05) is 25.1 Å². The standard InChI is InChI=1S/C11H13N/c1-2-8-12-9-7-10-5-3-4-6-11(10)12/h3-7,9H,2,8H2,1H3/i1D. The SMILES string of the molecule is [2H]CCCn1ccc2ccccc21. The summed E-state index contributed by atoms with van der Waals surface area (Å²) >= 11 is 0. The first-order valence-electron chi connectivity index (χ1n) is 4.95. The Morgan fingerprint density at radius 2 is 2.25 bits per heavy atom. The van der Waals surface area contributed by atoms with E-state index in [0.29, 0.717) is 6.90 Å².